The molecule has 108 valence electrons. The van der Waals surface area contributed by atoms with Crippen molar-refractivity contribution in [3.8, 4) is 0 Å². The molecule has 1 aliphatic heterocycles. The lowest BCUT2D eigenvalue weighted by molar-refractivity contribution is -0.117. The smallest absolute Gasteiger partial charge is 0.269 e. The van der Waals surface area contributed by atoms with Crippen LogP contribution in [0.2, 0.25) is 0 Å². The average molecular weight is 302 g/mol. The number of carbonyl (C=O) groups is 2. The SMILES string of the molecule is Cc1nnsc1C(=O)Nc1ccc(N2CCCC2=O)cc1. The van der Waals surface area contributed by atoms with Gasteiger partial charge < -0.3 is 10.2 Å². The summed E-state index contributed by atoms with van der Waals surface area (Å²) in [7, 11) is 0. The van der Waals surface area contributed by atoms with Crippen molar-refractivity contribution in [1.82, 2.24) is 9.59 Å². The van der Waals surface area contributed by atoms with Crippen molar-refractivity contribution in [2.75, 3.05) is 16.8 Å². The lowest BCUT2D eigenvalue weighted by atomic mass is 10.2. The van der Waals surface area contributed by atoms with E-state index in [1.54, 1.807) is 24.0 Å². The number of anilines is 2. The van der Waals surface area contributed by atoms with Gasteiger partial charge in [0.25, 0.3) is 5.91 Å². The quantitative estimate of drug-likeness (QED) is 0.943. The normalized spacial score (nSPS) is 14.5. The third kappa shape index (κ3) is 2.78. The van der Waals surface area contributed by atoms with Gasteiger partial charge in [-0.15, -0.1) is 5.10 Å². The molecule has 1 N–H and O–H groups in total. The molecule has 0 atom stereocenters. The van der Waals surface area contributed by atoms with Gasteiger partial charge in [-0.1, -0.05) is 4.49 Å². The van der Waals surface area contributed by atoms with Crippen LogP contribution in [-0.4, -0.2) is 27.9 Å². The van der Waals surface area contributed by atoms with Crippen LogP contribution >= 0.6 is 11.5 Å². The van der Waals surface area contributed by atoms with Gasteiger partial charge in [0.1, 0.15) is 4.88 Å². The lowest BCUT2D eigenvalue weighted by Crippen LogP contribution is -2.23. The van der Waals surface area contributed by atoms with E-state index < -0.39 is 0 Å². The second-order valence-corrected chi connectivity index (χ2v) is 5.59. The van der Waals surface area contributed by atoms with Gasteiger partial charge in [-0.05, 0) is 49.1 Å². The molecule has 3 rings (SSSR count). The summed E-state index contributed by atoms with van der Waals surface area (Å²) in [5.74, 6) is -0.0642. The Bertz CT molecular complexity index is 681. The highest BCUT2D eigenvalue weighted by Crippen LogP contribution is 2.23. The maximum Gasteiger partial charge on any atom is 0.269 e. The number of rotatable bonds is 3. The van der Waals surface area contributed by atoms with Crippen molar-refractivity contribution in [1.29, 1.82) is 0 Å². The molecule has 1 saturated heterocycles. The van der Waals surface area contributed by atoms with Crippen LogP contribution in [0.1, 0.15) is 28.2 Å². The summed E-state index contributed by atoms with van der Waals surface area (Å²) in [5.41, 5.74) is 2.17. The first kappa shape index (κ1) is 13.7. The molecule has 0 saturated carbocycles. The summed E-state index contributed by atoms with van der Waals surface area (Å²) in [6.07, 6.45) is 1.51. The molecule has 1 aliphatic rings. The largest absolute Gasteiger partial charge is 0.321 e. The molecule has 1 aromatic carbocycles. The highest BCUT2D eigenvalue weighted by atomic mass is 32.1. The Morgan fingerprint density at radius 3 is 2.67 bits per heavy atom. The number of aryl methyl sites for hydroxylation is 1. The predicted octanol–water partition coefficient (Wildman–Crippen LogP) is 2.23. The lowest BCUT2D eigenvalue weighted by Gasteiger charge is -2.16. The fourth-order valence-corrected chi connectivity index (χ4v) is 2.83. The van der Waals surface area contributed by atoms with Gasteiger partial charge in [0.2, 0.25) is 5.91 Å². The van der Waals surface area contributed by atoms with E-state index >= 15 is 0 Å². The molecule has 0 unspecified atom stereocenters. The summed E-state index contributed by atoms with van der Waals surface area (Å²) < 4.78 is 3.75. The van der Waals surface area contributed by atoms with E-state index in [0.29, 0.717) is 22.7 Å². The average Bonchev–Trinajstić information content (AvgIpc) is 3.08. The Hall–Kier alpha value is -2.28. The zero-order chi connectivity index (χ0) is 14.8. The van der Waals surface area contributed by atoms with E-state index in [4.69, 9.17) is 0 Å². The standard InChI is InChI=1S/C14H14N4O2S/c1-9-13(21-17-16-9)14(20)15-10-4-6-11(7-5-10)18-8-2-3-12(18)19/h4-7H,2-3,8H2,1H3,(H,15,20). The number of nitrogens with zero attached hydrogens (tertiary/aromatic N) is 3. The zero-order valence-corrected chi connectivity index (χ0v) is 12.3. The first-order chi connectivity index (χ1) is 10.1. The number of hydrogen-bond donors (Lipinski definition) is 1. The summed E-state index contributed by atoms with van der Waals surface area (Å²) >= 11 is 1.07. The van der Waals surface area contributed by atoms with Crippen LogP contribution in [0.4, 0.5) is 11.4 Å². The Morgan fingerprint density at radius 2 is 2.10 bits per heavy atom. The first-order valence-electron chi connectivity index (χ1n) is 6.66. The molecule has 6 nitrogen and oxygen atoms in total. The fraction of sp³-hybridized carbons (Fsp3) is 0.286. The van der Waals surface area contributed by atoms with E-state index in [2.05, 4.69) is 14.9 Å². The Balaban J connectivity index is 1.71. The van der Waals surface area contributed by atoms with Crippen LogP contribution in [0.15, 0.2) is 24.3 Å². The highest BCUT2D eigenvalue weighted by molar-refractivity contribution is 7.08. The molecule has 0 spiro atoms. The van der Waals surface area contributed by atoms with Crippen LogP contribution in [0, 0.1) is 6.92 Å². The van der Waals surface area contributed by atoms with E-state index in [1.807, 2.05) is 12.1 Å². The third-order valence-corrected chi connectivity index (χ3v) is 4.19. The number of carbonyl (C=O) groups excluding carboxylic acids is 2. The number of amides is 2. The summed E-state index contributed by atoms with van der Waals surface area (Å²) in [6.45, 7) is 2.51. The predicted molar refractivity (Wildman–Crippen MR) is 80.6 cm³/mol. The molecule has 7 heteroatoms. The molecule has 0 aliphatic carbocycles. The van der Waals surface area contributed by atoms with E-state index in [1.165, 1.54) is 0 Å². The maximum absolute atomic E-state index is 12.0. The molecule has 1 fully saturated rings. The van der Waals surface area contributed by atoms with Crippen LogP contribution < -0.4 is 10.2 Å². The van der Waals surface area contributed by atoms with Gasteiger partial charge in [0, 0.05) is 24.3 Å². The maximum atomic E-state index is 12.0. The minimum Gasteiger partial charge on any atom is -0.321 e. The van der Waals surface area contributed by atoms with Gasteiger partial charge >= 0.3 is 0 Å². The van der Waals surface area contributed by atoms with Crippen LogP contribution in [0.5, 0.6) is 0 Å². The second-order valence-electron chi connectivity index (χ2n) is 4.84. The van der Waals surface area contributed by atoms with Crippen LogP contribution in [-0.2, 0) is 4.79 Å². The Labute approximate surface area is 125 Å². The van der Waals surface area contributed by atoms with Crippen molar-refractivity contribution >= 4 is 34.7 Å². The van der Waals surface area contributed by atoms with Gasteiger partial charge in [-0.3, -0.25) is 9.59 Å². The molecule has 21 heavy (non-hydrogen) atoms. The van der Waals surface area contributed by atoms with Crippen molar-refractivity contribution < 1.29 is 9.59 Å². The first-order valence-corrected chi connectivity index (χ1v) is 7.43. The van der Waals surface area contributed by atoms with Crippen molar-refractivity contribution in [3.63, 3.8) is 0 Å². The Morgan fingerprint density at radius 1 is 1.33 bits per heavy atom. The second kappa shape index (κ2) is 5.61. The molecule has 2 heterocycles. The van der Waals surface area contributed by atoms with Crippen molar-refractivity contribution in [2.24, 2.45) is 0 Å². The Kier molecular flexibility index (Phi) is 3.66. The molecule has 1 aromatic heterocycles. The van der Waals surface area contributed by atoms with Gasteiger partial charge in [-0.25, -0.2) is 0 Å². The van der Waals surface area contributed by atoms with E-state index in [9.17, 15) is 9.59 Å². The number of benzene rings is 1. The van der Waals surface area contributed by atoms with E-state index in [-0.39, 0.29) is 11.8 Å². The minimum absolute atomic E-state index is 0.151. The summed E-state index contributed by atoms with van der Waals surface area (Å²) in [6, 6.07) is 7.28. The monoisotopic (exact) mass is 302 g/mol. The zero-order valence-electron chi connectivity index (χ0n) is 11.5. The van der Waals surface area contributed by atoms with Crippen molar-refractivity contribution in [3.05, 3.63) is 34.8 Å². The van der Waals surface area contributed by atoms with Crippen LogP contribution in [0.3, 0.4) is 0 Å². The van der Waals surface area contributed by atoms with Crippen molar-refractivity contribution in [2.45, 2.75) is 19.8 Å². The number of hydrogen-bond acceptors (Lipinski definition) is 5. The number of aromatic nitrogens is 2. The van der Waals surface area contributed by atoms with Crippen LogP contribution in [0.25, 0.3) is 0 Å². The molecular formula is C14H14N4O2S. The minimum atomic E-state index is -0.215. The molecule has 2 aromatic rings. The molecule has 0 radical (unpaired) electrons. The molecule has 2 amide bonds. The van der Waals surface area contributed by atoms with E-state index in [0.717, 1.165) is 30.2 Å². The van der Waals surface area contributed by atoms with Gasteiger partial charge in [-0.2, -0.15) is 0 Å². The summed E-state index contributed by atoms with van der Waals surface area (Å²) in [5, 5.41) is 6.62. The fourth-order valence-electron chi connectivity index (χ4n) is 2.27. The topological polar surface area (TPSA) is 75.2 Å². The molecular weight excluding hydrogens is 288 g/mol. The number of nitrogens with one attached hydrogen (secondary N) is 1. The third-order valence-electron chi connectivity index (χ3n) is 3.37. The molecule has 0 bridgehead atoms. The summed E-state index contributed by atoms with van der Waals surface area (Å²) in [4.78, 5) is 26.0. The highest BCUT2D eigenvalue weighted by Gasteiger charge is 2.21. The van der Waals surface area contributed by atoms with Gasteiger partial charge in [0.05, 0.1) is 5.69 Å². The van der Waals surface area contributed by atoms with Gasteiger partial charge in [0.15, 0.2) is 0 Å².